The molecule has 0 aromatic heterocycles. The largest absolute Gasteiger partial charge is 0.493 e. The second-order valence-electron chi connectivity index (χ2n) is 5.46. The quantitative estimate of drug-likeness (QED) is 0.899. The molecule has 1 aliphatic rings. The molecule has 1 aliphatic heterocycles. The van der Waals surface area contributed by atoms with Crippen molar-refractivity contribution in [3.05, 3.63) is 23.8 Å². The van der Waals surface area contributed by atoms with Crippen LogP contribution in [-0.2, 0) is 6.54 Å². The summed E-state index contributed by atoms with van der Waals surface area (Å²) in [5.74, 6) is 1.51. The smallest absolute Gasteiger partial charge is 0.161 e. The van der Waals surface area contributed by atoms with Gasteiger partial charge in [-0.05, 0) is 44.0 Å². The fraction of sp³-hybridized carbons (Fsp3) is 0.625. The van der Waals surface area contributed by atoms with Gasteiger partial charge in [0.25, 0.3) is 0 Å². The Morgan fingerprint density at radius 2 is 2.00 bits per heavy atom. The molecule has 4 heteroatoms. The molecule has 2 unspecified atom stereocenters. The van der Waals surface area contributed by atoms with E-state index in [2.05, 4.69) is 11.0 Å². The van der Waals surface area contributed by atoms with Gasteiger partial charge in [0.15, 0.2) is 11.5 Å². The minimum atomic E-state index is -0.282. The molecule has 1 N–H and O–H groups in total. The van der Waals surface area contributed by atoms with Crippen LogP contribution in [0.1, 0.15) is 31.7 Å². The summed E-state index contributed by atoms with van der Waals surface area (Å²) in [6, 6.07) is 6.29. The van der Waals surface area contributed by atoms with Crippen molar-refractivity contribution in [3.8, 4) is 11.5 Å². The van der Waals surface area contributed by atoms with Gasteiger partial charge in [0.2, 0.25) is 0 Å². The van der Waals surface area contributed by atoms with Gasteiger partial charge in [-0.2, -0.15) is 0 Å². The molecule has 0 spiro atoms. The predicted molar refractivity (Wildman–Crippen MR) is 79.3 cm³/mol. The van der Waals surface area contributed by atoms with E-state index in [-0.39, 0.29) is 12.1 Å². The van der Waals surface area contributed by atoms with E-state index in [1.165, 1.54) is 18.4 Å². The second kappa shape index (κ2) is 6.95. The fourth-order valence-electron chi connectivity index (χ4n) is 2.97. The van der Waals surface area contributed by atoms with E-state index in [4.69, 9.17) is 9.47 Å². The average molecular weight is 279 g/mol. The van der Waals surface area contributed by atoms with Crippen LogP contribution in [0, 0.1) is 0 Å². The van der Waals surface area contributed by atoms with Gasteiger partial charge >= 0.3 is 0 Å². The third-order valence-electron chi connectivity index (χ3n) is 4.05. The SMILES string of the molecule is COc1ccc(CN2CCCCC2C(C)O)cc1OC. The monoisotopic (exact) mass is 279 g/mol. The lowest BCUT2D eigenvalue weighted by atomic mass is 9.97. The Balaban J connectivity index is 2.11. The van der Waals surface area contributed by atoms with Crippen LogP contribution in [-0.4, -0.2) is 42.9 Å². The molecule has 0 aliphatic carbocycles. The first-order valence-electron chi connectivity index (χ1n) is 7.28. The summed E-state index contributed by atoms with van der Waals surface area (Å²) < 4.78 is 10.6. The molecular weight excluding hydrogens is 254 g/mol. The highest BCUT2D eigenvalue weighted by molar-refractivity contribution is 5.42. The summed E-state index contributed by atoms with van der Waals surface area (Å²) in [6.07, 6.45) is 3.20. The fourth-order valence-corrected chi connectivity index (χ4v) is 2.97. The highest BCUT2D eigenvalue weighted by atomic mass is 16.5. The number of hydrogen-bond donors (Lipinski definition) is 1. The first-order chi connectivity index (χ1) is 9.65. The van der Waals surface area contributed by atoms with Crippen molar-refractivity contribution in [2.45, 2.75) is 44.9 Å². The maximum atomic E-state index is 9.92. The van der Waals surface area contributed by atoms with Gasteiger partial charge < -0.3 is 14.6 Å². The lowest BCUT2D eigenvalue weighted by molar-refractivity contribution is 0.0316. The number of ether oxygens (including phenoxy) is 2. The third-order valence-corrected chi connectivity index (χ3v) is 4.05. The molecule has 1 aromatic rings. The summed E-state index contributed by atoms with van der Waals surface area (Å²) >= 11 is 0. The molecule has 1 saturated heterocycles. The van der Waals surface area contributed by atoms with Crippen LogP contribution < -0.4 is 9.47 Å². The van der Waals surface area contributed by atoms with E-state index in [0.717, 1.165) is 31.0 Å². The molecular formula is C16H25NO3. The van der Waals surface area contributed by atoms with Crippen molar-refractivity contribution < 1.29 is 14.6 Å². The van der Waals surface area contributed by atoms with E-state index >= 15 is 0 Å². The molecule has 0 radical (unpaired) electrons. The average Bonchev–Trinajstić information content (AvgIpc) is 2.47. The molecule has 4 nitrogen and oxygen atoms in total. The Labute approximate surface area is 121 Å². The van der Waals surface area contributed by atoms with E-state index in [1.54, 1.807) is 14.2 Å². The van der Waals surface area contributed by atoms with Crippen LogP contribution in [0.4, 0.5) is 0 Å². The van der Waals surface area contributed by atoms with Gasteiger partial charge in [0.1, 0.15) is 0 Å². The number of rotatable bonds is 5. The molecule has 1 aromatic carbocycles. The molecule has 112 valence electrons. The van der Waals surface area contributed by atoms with Gasteiger partial charge in [-0.25, -0.2) is 0 Å². The second-order valence-corrected chi connectivity index (χ2v) is 5.46. The number of piperidine rings is 1. The first kappa shape index (κ1) is 15.1. The molecule has 0 bridgehead atoms. The van der Waals surface area contributed by atoms with Gasteiger partial charge in [-0.1, -0.05) is 12.5 Å². The van der Waals surface area contributed by atoms with Crippen molar-refractivity contribution in [1.29, 1.82) is 0 Å². The van der Waals surface area contributed by atoms with Gasteiger partial charge in [-0.3, -0.25) is 4.90 Å². The van der Waals surface area contributed by atoms with Gasteiger partial charge in [0, 0.05) is 12.6 Å². The number of methoxy groups -OCH3 is 2. The van der Waals surface area contributed by atoms with E-state index in [1.807, 2.05) is 19.1 Å². The van der Waals surface area contributed by atoms with Crippen LogP contribution in [0.25, 0.3) is 0 Å². The van der Waals surface area contributed by atoms with Crippen molar-refractivity contribution >= 4 is 0 Å². The van der Waals surface area contributed by atoms with Crippen LogP contribution in [0.5, 0.6) is 11.5 Å². The zero-order valence-electron chi connectivity index (χ0n) is 12.6. The summed E-state index contributed by atoms with van der Waals surface area (Å²) in [6.45, 7) is 3.78. The number of aliphatic hydroxyl groups excluding tert-OH is 1. The Morgan fingerprint density at radius 1 is 1.25 bits per heavy atom. The van der Waals surface area contributed by atoms with E-state index in [0.29, 0.717) is 0 Å². The van der Waals surface area contributed by atoms with Crippen molar-refractivity contribution in [2.75, 3.05) is 20.8 Å². The van der Waals surface area contributed by atoms with Gasteiger partial charge in [0.05, 0.1) is 20.3 Å². The zero-order valence-corrected chi connectivity index (χ0v) is 12.6. The van der Waals surface area contributed by atoms with Crippen molar-refractivity contribution in [3.63, 3.8) is 0 Å². The number of hydrogen-bond acceptors (Lipinski definition) is 4. The summed E-state index contributed by atoms with van der Waals surface area (Å²) in [5.41, 5.74) is 1.19. The Hall–Kier alpha value is -1.26. The third kappa shape index (κ3) is 3.44. The highest BCUT2D eigenvalue weighted by Gasteiger charge is 2.26. The van der Waals surface area contributed by atoms with Crippen molar-refractivity contribution in [2.24, 2.45) is 0 Å². The Kier molecular flexibility index (Phi) is 5.26. The highest BCUT2D eigenvalue weighted by Crippen LogP contribution is 2.29. The number of nitrogens with zero attached hydrogens (tertiary/aromatic N) is 1. The Morgan fingerprint density at radius 3 is 2.65 bits per heavy atom. The molecule has 2 rings (SSSR count). The number of likely N-dealkylation sites (tertiary alicyclic amines) is 1. The standard InChI is InChI=1S/C16H25NO3/c1-12(18)14-6-4-5-9-17(14)11-13-7-8-15(19-2)16(10-13)20-3/h7-8,10,12,14,18H,4-6,9,11H2,1-3H3. The van der Waals surface area contributed by atoms with Crippen LogP contribution >= 0.6 is 0 Å². The van der Waals surface area contributed by atoms with Crippen LogP contribution in [0.15, 0.2) is 18.2 Å². The molecule has 1 fully saturated rings. The lowest BCUT2D eigenvalue weighted by Gasteiger charge is -2.37. The molecule has 20 heavy (non-hydrogen) atoms. The normalized spacial score (nSPS) is 21.5. The predicted octanol–water partition coefficient (Wildman–Crippen LogP) is 2.44. The van der Waals surface area contributed by atoms with E-state index in [9.17, 15) is 5.11 Å². The minimum Gasteiger partial charge on any atom is -0.493 e. The molecule has 1 heterocycles. The summed E-state index contributed by atoms with van der Waals surface area (Å²) in [4.78, 5) is 2.37. The van der Waals surface area contributed by atoms with Gasteiger partial charge in [-0.15, -0.1) is 0 Å². The summed E-state index contributed by atoms with van der Waals surface area (Å²) in [7, 11) is 3.30. The topological polar surface area (TPSA) is 41.9 Å². The maximum Gasteiger partial charge on any atom is 0.161 e. The molecule has 0 saturated carbocycles. The van der Waals surface area contributed by atoms with Crippen LogP contribution in [0.2, 0.25) is 0 Å². The van der Waals surface area contributed by atoms with Crippen molar-refractivity contribution in [1.82, 2.24) is 4.90 Å². The minimum absolute atomic E-state index is 0.261. The van der Waals surface area contributed by atoms with Crippen LogP contribution in [0.3, 0.4) is 0 Å². The zero-order chi connectivity index (χ0) is 14.5. The Bertz CT molecular complexity index is 434. The lowest BCUT2D eigenvalue weighted by Crippen LogP contribution is -2.45. The number of benzene rings is 1. The molecule has 2 atom stereocenters. The summed E-state index contributed by atoms with van der Waals surface area (Å²) in [5, 5.41) is 9.92. The molecule has 0 amide bonds. The maximum absolute atomic E-state index is 9.92. The number of aliphatic hydroxyl groups is 1. The first-order valence-corrected chi connectivity index (χ1v) is 7.28. The van der Waals surface area contributed by atoms with E-state index < -0.39 is 0 Å².